The lowest BCUT2D eigenvalue weighted by atomic mass is 9.78. The zero-order valence-electron chi connectivity index (χ0n) is 10.9. The Labute approximate surface area is 104 Å². The minimum Gasteiger partial charge on any atom is -0.496 e. The van der Waals surface area contributed by atoms with Gasteiger partial charge in [0.05, 0.1) is 7.11 Å². The van der Waals surface area contributed by atoms with Crippen LogP contribution in [0.15, 0.2) is 30.4 Å². The molecule has 0 bridgehead atoms. The molecule has 1 aromatic carbocycles. The predicted octanol–water partition coefficient (Wildman–Crippen LogP) is 2.81. The molecule has 1 aliphatic carbocycles. The van der Waals surface area contributed by atoms with E-state index in [9.17, 15) is 0 Å². The van der Waals surface area contributed by atoms with E-state index in [1.165, 1.54) is 11.1 Å². The first-order valence-electron chi connectivity index (χ1n) is 6.16. The lowest BCUT2D eigenvalue weighted by molar-refractivity contribution is 0.402. The number of ether oxygens (including phenoxy) is 1. The number of rotatable bonds is 4. The molecule has 2 heteroatoms. The number of methoxy groups -OCH3 is 1. The van der Waals surface area contributed by atoms with Gasteiger partial charge < -0.3 is 10.1 Å². The molecule has 0 spiro atoms. The van der Waals surface area contributed by atoms with Gasteiger partial charge in [-0.15, -0.1) is 0 Å². The van der Waals surface area contributed by atoms with Gasteiger partial charge in [0, 0.05) is 12.0 Å². The van der Waals surface area contributed by atoms with E-state index in [1.54, 1.807) is 7.11 Å². The first-order valence-corrected chi connectivity index (χ1v) is 6.16. The summed E-state index contributed by atoms with van der Waals surface area (Å²) in [6.45, 7) is 3.09. The fourth-order valence-electron chi connectivity index (χ4n) is 2.67. The molecule has 2 rings (SSSR count). The zero-order chi connectivity index (χ0) is 12.3. The number of likely N-dealkylation sites (N-methyl/N-ethyl adjacent to an activating group) is 1. The molecule has 1 aromatic rings. The largest absolute Gasteiger partial charge is 0.496 e. The number of hydrogen-bond donors (Lipinski definition) is 1. The second-order valence-electron chi connectivity index (χ2n) is 4.87. The van der Waals surface area contributed by atoms with Gasteiger partial charge in [0.15, 0.2) is 0 Å². The molecule has 0 saturated carbocycles. The minimum atomic E-state index is 0.218. The molecule has 0 heterocycles. The average Bonchev–Trinajstić information content (AvgIpc) is 2.80. The zero-order valence-corrected chi connectivity index (χ0v) is 10.9. The summed E-state index contributed by atoms with van der Waals surface area (Å²) in [5.41, 5.74) is 2.79. The van der Waals surface area contributed by atoms with Crippen LogP contribution in [0.5, 0.6) is 5.75 Å². The van der Waals surface area contributed by atoms with Crippen molar-refractivity contribution < 1.29 is 4.74 Å². The average molecular weight is 231 g/mol. The number of allylic oxidation sites excluding steroid dienone is 2. The molecule has 0 radical (unpaired) electrons. The molecule has 0 fully saturated rings. The number of nitrogens with one attached hydrogen (secondary N) is 1. The van der Waals surface area contributed by atoms with Crippen LogP contribution in [-0.2, 0) is 5.41 Å². The van der Waals surface area contributed by atoms with Crippen LogP contribution in [0.3, 0.4) is 0 Å². The van der Waals surface area contributed by atoms with Crippen molar-refractivity contribution in [3.63, 3.8) is 0 Å². The van der Waals surface area contributed by atoms with Crippen LogP contribution in [-0.4, -0.2) is 20.7 Å². The third kappa shape index (κ3) is 2.22. The van der Waals surface area contributed by atoms with E-state index in [4.69, 9.17) is 4.74 Å². The van der Waals surface area contributed by atoms with Gasteiger partial charge in [0.2, 0.25) is 0 Å². The van der Waals surface area contributed by atoms with Gasteiger partial charge in [-0.2, -0.15) is 0 Å². The lowest BCUT2D eigenvalue weighted by Gasteiger charge is -2.30. The molecule has 0 amide bonds. The maximum absolute atomic E-state index is 5.43. The highest BCUT2D eigenvalue weighted by atomic mass is 16.5. The van der Waals surface area contributed by atoms with Gasteiger partial charge in [-0.05, 0) is 44.0 Å². The van der Waals surface area contributed by atoms with Crippen molar-refractivity contribution in [3.05, 3.63) is 41.5 Å². The molecule has 0 aromatic heterocycles. The second kappa shape index (κ2) is 4.92. The summed E-state index contributed by atoms with van der Waals surface area (Å²) in [4.78, 5) is 0. The third-order valence-electron chi connectivity index (χ3n) is 3.72. The maximum atomic E-state index is 5.43. The van der Waals surface area contributed by atoms with Crippen LogP contribution in [0.25, 0.3) is 0 Å². The van der Waals surface area contributed by atoms with E-state index in [-0.39, 0.29) is 5.41 Å². The normalized spacial score (nSPS) is 17.4. The topological polar surface area (TPSA) is 21.3 Å². The minimum absolute atomic E-state index is 0.218. The Bertz CT molecular complexity index is 415. The summed E-state index contributed by atoms with van der Waals surface area (Å²) in [6.07, 6.45) is 6.79. The highest BCUT2D eigenvalue weighted by Crippen LogP contribution is 2.38. The number of hydrogen-bond acceptors (Lipinski definition) is 2. The van der Waals surface area contributed by atoms with Crippen molar-refractivity contribution in [1.29, 1.82) is 0 Å². The fourth-order valence-corrected chi connectivity index (χ4v) is 2.67. The van der Waals surface area contributed by atoms with Crippen LogP contribution >= 0.6 is 0 Å². The molecule has 17 heavy (non-hydrogen) atoms. The highest BCUT2D eigenvalue weighted by molar-refractivity contribution is 5.41. The molecule has 92 valence electrons. The molecular weight excluding hydrogens is 210 g/mol. The van der Waals surface area contributed by atoms with Gasteiger partial charge in [0.1, 0.15) is 5.75 Å². The van der Waals surface area contributed by atoms with Crippen LogP contribution in [0, 0.1) is 6.92 Å². The molecule has 1 N–H and O–H groups in total. The van der Waals surface area contributed by atoms with Gasteiger partial charge in [-0.3, -0.25) is 0 Å². The van der Waals surface area contributed by atoms with Crippen LogP contribution in [0.4, 0.5) is 0 Å². The van der Waals surface area contributed by atoms with Gasteiger partial charge in [0.25, 0.3) is 0 Å². The first-order chi connectivity index (χ1) is 8.22. The molecule has 0 aliphatic heterocycles. The Morgan fingerprint density at radius 2 is 2.00 bits per heavy atom. The SMILES string of the molecule is CNCC1(c2ccc(C)c(OC)c2)CC=CC1. The summed E-state index contributed by atoms with van der Waals surface area (Å²) in [5, 5.41) is 3.32. The Morgan fingerprint density at radius 3 is 2.59 bits per heavy atom. The molecule has 0 unspecified atom stereocenters. The van der Waals surface area contributed by atoms with Crippen molar-refractivity contribution in [2.45, 2.75) is 25.2 Å². The molecular formula is C15H21NO. The molecule has 0 saturated heterocycles. The fraction of sp³-hybridized carbons (Fsp3) is 0.467. The van der Waals surface area contributed by atoms with Crippen molar-refractivity contribution in [1.82, 2.24) is 5.32 Å². The number of aryl methyl sites for hydroxylation is 1. The summed E-state index contributed by atoms with van der Waals surface area (Å²) in [5.74, 6) is 0.991. The summed E-state index contributed by atoms with van der Waals surface area (Å²) < 4.78 is 5.43. The smallest absolute Gasteiger partial charge is 0.122 e. The molecule has 0 atom stereocenters. The van der Waals surface area contributed by atoms with Crippen LogP contribution in [0.2, 0.25) is 0 Å². The summed E-state index contributed by atoms with van der Waals surface area (Å²) in [6, 6.07) is 6.59. The van der Waals surface area contributed by atoms with Crippen molar-refractivity contribution in [2.24, 2.45) is 0 Å². The van der Waals surface area contributed by atoms with Crippen LogP contribution in [0.1, 0.15) is 24.0 Å². The molecule has 2 nitrogen and oxygen atoms in total. The summed E-state index contributed by atoms with van der Waals surface area (Å²) >= 11 is 0. The predicted molar refractivity (Wildman–Crippen MR) is 71.7 cm³/mol. The Hall–Kier alpha value is -1.28. The van der Waals surface area contributed by atoms with Crippen molar-refractivity contribution in [2.75, 3.05) is 20.7 Å². The first kappa shape index (κ1) is 12.2. The van der Waals surface area contributed by atoms with E-state index in [1.807, 2.05) is 7.05 Å². The Kier molecular flexibility index (Phi) is 3.53. The van der Waals surface area contributed by atoms with Gasteiger partial charge in [-0.1, -0.05) is 24.3 Å². The van der Waals surface area contributed by atoms with Crippen LogP contribution < -0.4 is 10.1 Å². The number of benzene rings is 1. The second-order valence-corrected chi connectivity index (χ2v) is 4.87. The maximum Gasteiger partial charge on any atom is 0.122 e. The summed E-state index contributed by atoms with van der Waals surface area (Å²) in [7, 11) is 3.76. The van der Waals surface area contributed by atoms with E-state index in [0.717, 1.165) is 25.1 Å². The van der Waals surface area contributed by atoms with Crippen molar-refractivity contribution >= 4 is 0 Å². The standard InChI is InChI=1S/C15H21NO/c1-12-6-7-13(10-14(12)17-3)15(11-16-2)8-4-5-9-15/h4-7,10,16H,8-9,11H2,1-3H3. The van der Waals surface area contributed by atoms with E-state index in [2.05, 4.69) is 42.6 Å². The lowest BCUT2D eigenvalue weighted by Crippen LogP contribution is -2.34. The van der Waals surface area contributed by atoms with Crippen molar-refractivity contribution in [3.8, 4) is 5.75 Å². The van der Waals surface area contributed by atoms with E-state index >= 15 is 0 Å². The highest BCUT2D eigenvalue weighted by Gasteiger charge is 2.32. The van der Waals surface area contributed by atoms with E-state index in [0.29, 0.717) is 0 Å². The molecule has 1 aliphatic rings. The Balaban J connectivity index is 2.36. The third-order valence-corrected chi connectivity index (χ3v) is 3.72. The van der Waals surface area contributed by atoms with Gasteiger partial charge in [-0.25, -0.2) is 0 Å². The monoisotopic (exact) mass is 231 g/mol. The Morgan fingerprint density at radius 1 is 1.29 bits per heavy atom. The van der Waals surface area contributed by atoms with Gasteiger partial charge >= 0.3 is 0 Å². The van der Waals surface area contributed by atoms with E-state index < -0.39 is 0 Å². The quantitative estimate of drug-likeness (QED) is 0.805.